The Balaban J connectivity index is 5.18. The fourth-order valence-electron chi connectivity index (χ4n) is 2.23. The maximum Gasteiger partial charge on any atom is 0.323 e. The van der Waals surface area contributed by atoms with Gasteiger partial charge in [-0.05, 0) is 38.0 Å². The maximum atomic E-state index is 12.6. The fraction of sp³-hybridized carbons (Fsp3) is 0.789. The maximum absolute atomic E-state index is 12.6. The van der Waals surface area contributed by atoms with E-state index in [1.807, 2.05) is 13.8 Å². The Labute approximate surface area is 141 Å². The molecule has 0 fully saturated rings. The summed E-state index contributed by atoms with van der Waals surface area (Å²) >= 11 is 0. The third-order valence-corrected chi connectivity index (χ3v) is 3.88. The van der Waals surface area contributed by atoms with Crippen LogP contribution in [-0.2, 0) is 19.1 Å². The lowest BCUT2D eigenvalue weighted by Crippen LogP contribution is -2.42. The predicted molar refractivity (Wildman–Crippen MR) is 93.1 cm³/mol. The molecule has 0 N–H and O–H groups in total. The van der Waals surface area contributed by atoms with Gasteiger partial charge in [-0.3, -0.25) is 9.59 Å². The van der Waals surface area contributed by atoms with E-state index in [0.717, 1.165) is 32.1 Å². The van der Waals surface area contributed by atoms with E-state index in [-0.39, 0.29) is 6.42 Å². The number of hydrogen-bond donors (Lipinski definition) is 0. The Hall–Kier alpha value is -1.32. The second kappa shape index (κ2) is 12.1. The molecular formula is C19H34O4. The Morgan fingerprint density at radius 3 is 1.87 bits per heavy atom. The summed E-state index contributed by atoms with van der Waals surface area (Å²) in [6.45, 7) is 12.6. The standard InChI is InChI=1S/C19H34O4/c1-6-9-14-22-17(20)19(12-8-3,13-11-16(4)5)18(21)23-15-10-7-2/h8,16H,3,6-7,9-15H2,1-2,4-5H3. The van der Waals surface area contributed by atoms with Crippen LogP contribution in [0.3, 0.4) is 0 Å². The largest absolute Gasteiger partial charge is 0.465 e. The zero-order chi connectivity index (χ0) is 17.7. The van der Waals surface area contributed by atoms with Crippen LogP contribution in [0.1, 0.15) is 72.6 Å². The molecule has 134 valence electrons. The quantitative estimate of drug-likeness (QED) is 0.213. The van der Waals surface area contributed by atoms with Crippen LogP contribution in [0.5, 0.6) is 0 Å². The van der Waals surface area contributed by atoms with Gasteiger partial charge in [-0.1, -0.05) is 46.6 Å². The minimum absolute atomic E-state index is 0.260. The Morgan fingerprint density at radius 1 is 1.04 bits per heavy atom. The fourth-order valence-corrected chi connectivity index (χ4v) is 2.23. The van der Waals surface area contributed by atoms with Gasteiger partial charge in [0.15, 0.2) is 5.41 Å². The van der Waals surface area contributed by atoms with Crippen molar-refractivity contribution in [3.63, 3.8) is 0 Å². The van der Waals surface area contributed by atoms with E-state index in [1.54, 1.807) is 6.08 Å². The number of carbonyl (C=O) groups excluding carboxylic acids is 2. The molecule has 0 aliphatic rings. The molecule has 0 aromatic rings. The third kappa shape index (κ3) is 7.67. The molecule has 0 aromatic heterocycles. The normalized spacial score (nSPS) is 11.3. The van der Waals surface area contributed by atoms with Crippen molar-refractivity contribution in [2.24, 2.45) is 11.3 Å². The van der Waals surface area contributed by atoms with Gasteiger partial charge in [0, 0.05) is 0 Å². The summed E-state index contributed by atoms with van der Waals surface area (Å²) < 4.78 is 10.7. The first kappa shape index (κ1) is 21.7. The van der Waals surface area contributed by atoms with Gasteiger partial charge in [0.05, 0.1) is 13.2 Å². The van der Waals surface area contributed by atoms with Gasteiger partial charge >= 0.3 is 11.9 Å². The molecule has 0 saturated carbocycles. The summed E-state index contributed by atoms with van der Waals surface area (Å²) in [7, 11) is 0. The molecule has 0 amide bonds. The predicted octanol–water partition coefficient (Wildman–Crippen LogP) is 4.67. The van der Waals surface area contributed by atoms with Gasteiger partial charge in [0.1, 0.15) is 0 Å². The van der Waals surface area contributed by atoms with Crippen molar-refractivity contribution >= 4 is 11.9 Å². The molecule has 4 heteroatoms. The highest BCUT2D eigenvalue weighted by Gasteiger charge is 2.47. The first-order valence-electron chi connectivity index (χ1n) is 8.89. The van der Waals surface area contributed by atoms with Gasteiger partial charge in [0.25, 0.3) is 0 Å². The van der Waals surface area contributed by atoms with Gasteiger partial charge < -0.3 is 9.47 Å². The molecule has 0 rings (SSSR count). The summed E-state index contributed by atoms with van der Waals surface area (Å²) in [5.41, 5.74) is -1.24. The average Bonchev–Trinajstić information content (AvgIpc) is 2.51. The molecule has 0 saturated heterocycles. The molecule has 0 aromatic carbocycles. The Morgan fingerprint density at radius 2 is 1.52 bits per heavy atom. The number of ether oxygens (including phenoxy) is 2. The van der Waals surface area contributed by atoms with Gasteiger partial charge in [-0.2, -0.15) is 0 Å². The molecule has 0 spiro atoms. The second-order valence-corrected chi connectivity index (χ2v) is 6.49. The first-order chi connectivity index (χ1) is 10.9. The van der Waals surface area contributed by atoms with Crippen LogP contribution in [0.4, 0.5) is 0 Å². The number of unbranched alkanes of at least 4 members (excludes halogenated alkanes) is 2. The van der Waals surface area contributed by atoms with E-state index >= 15 is 0 Å². The Kier molecular flexibility index (Phi) is 11.4. The van der Waals surface area contributed by atoms with Crippen LogP contribution in [0.25, 0.3) is 0 Å². The molecule has 0 aliphatic heterocycles. The zero-order valence-corrected chi connectivity index (χ0v) is 15.4. The highest BCUT2D eigenvalue weighted by molar-refractivity contribution is 6.00. The summed E-state index contributed by atoms with van der Waals surface area (Å²) in [6.07, 6.45) is 6.55. The summed E-state index contributed by atoms with van der Waals surface area (Å²) in [4.78, 5) is 25.3. The molecule has 0 aliphatic carbocycles. The lowest BCUT2D eigenvalue weighted by molar-refractivity contribution is -0.173. The van der Waals surface area contributed by atoms with Crippen molar-refractivity contribution < 1.29 is 19.1 Å². The lowest BCUT2D eigenvalue weighted by Gasteiger charge is -2.29. The number of hydrogen-bond acceptors (Lipinski definition) is 4. The van der Waals surface area contributed by atoms with Crippen LogP contribution in [0, 0.1) is 11.3 Å². The SMILES string of the molecule is C=CCC(CCC(C)C)(C(=O)OCCCC)C(=O)OCCCC. The molecule has 0 atom stereocenters. The molecule has 4 nitrogen and oxygen atoms in total. The van der Waals surface area contributed by atoms with Crippen LogP contribution in [-0.4, -0.2) is 25.2 Å². The topological polar surface area (TPSA) is 52.6 Å². The number of rotatable bonds is 13. The molecule has 0 unspecified atom stereocenters. The van der Waals surface area contributed by atoms with Crippen molar-refractivity contribution in [2.75, 3.05) is 13.2 Å². The zero-order valence-electron chi connectivity index (χ0n) is 15.4. The monoisotopic (exact) mass is 326 g/mol. The molecule has 23 heavy (non-hydrogen) atoms. The van der Waals surface area contributed by atoms with E-state index in [0.29, 0.717) is 25.6 Å². The van der Waals surface area contributed by atoms with Crippen molar-refractivity contribution in [1.29, 1.82) is 0 Å². The van der Waals surface area contributed by atoms with Crippen molar-refractivity contribution in [2.45, 2.75) is 72.6 Å². The Bertz CT molecular complexity index is 338. The van der Waals surface area contributed by atoms with Crippen LogP contribution in [0.2, 0.25) is 0 Å². The van der Waals surface area contributed by atoms with Crippen molar-refractivity contribution in [1.82, 2.24) is 0 Å². The highest BCUT2D eigenvalue weighted by Crippen LogP contribution is 2.34. The van der Waals surface area contributed by atoms with Crippen molar-refractivity contribution in [3.05, 3.63) is 12.7 Å². The number of esters is 2. The smallest absolute Gasteiger partial charge is 0.323 e. The van der Waals surface area contributed by atoms with E-state index < -0.39 is 17.4 Å². The van der Waals surface area contributed by atoms with Crippen LogP contribution >= 0.6 is 0 Å². The number of allylic oxidation sites excluding steroid dienone is 1. The minimum atomic E-state index is -1.24. The summed E-state index contributed by atoms with van der Waals surface area (Å²) in [5.74, 6) is -0.535. The van der Waals surface area contributed by atoms with Crippen molar-refractivity contribution in [3.8, 4) is 0 Å². The third-order valence-electron chi connectivity index (χ3n) is 3.88. The first-order valence-corrected chi connectivity index (χ1v) is 8.89. The van der Waals surface area contributed by atoms with Crippen LogP contribution < -0.4 is 0 Å². The molecule has 0 radical (unpaired) electrons. The lowest BCUT2D eigenvalue weighted by atomic mass is 9.78. The second-order valence-electron chi connectivity index (χ2n) is 6.49. The van der Waals surface area contributed by atoms with Crippen LogP contribution in [0.15, 0.2) is 12.7 Å². The molecular weight excluding hydrogens is 292 g/mol. The van der Waals surface area contributed by atoms with E-state index in [4.69, 9.17) is 9.47 Å². The van der Waals surface area contributed by atoms with Gasteiger partial charge in [0.2, 0.25) is 0 Å². The summed E-state index contributed by atoms with van der Waals surface area (Å²) in [6, 6.07) is 0. The van der Waals surface area contributed by atoms with Gasteiger partial charge in [-0.25, -0.2) is 0 Å². The molecule has 0 bridgehead atoms. The van der Waals surface area contributed by atoms with E-state index in [9.17, 15) is 9.59 Å². The number of carbonyl (C=O) groups is 2. The van der Waals surface area contributed by atoms with E-state index in [1.165, 1.54) is 0 Å². The van der Waals surface area contributed by atoms with E-state index in [2.05, 4.69) is 20.4 Å². The minimum Gasteiger partial charge on any atom is -0.465 e. The molecule has 0 heterocycles. The van der Waals surface area contributed by atoms with Gasteiger partial charge in [-0.15, -0.1) is 6.58 Å². The highest BCUT2D eigenvalue weighted by atomic mass is 16.6. The average molecular weight is 326 g/mol. The summed E-state index contributed by atoms with van der Waals surface area (Å²) in [5, 5.41) is 0.